The van der Waals surface area contributed by atoms with E-state index in [9.17, 15) is 9.59 Å². The summed E-state index contributed by atoms with van der Waals surface area (Å²) in [6.45, 7) is 6.15. The van der Waals surface area contributed by atoms with Crippen LogP contribution in [-0.2, 0) is 4.74 Å². The van der Waals surface area contributed by atoms with Crippen molar-refractivity contribution in [2.24, 2.45) is 0 Å². The van der Waals surface area contributed by atoms with Crippen LogP contribution in [0.4, 0.5) is 21.0 Å². The molecule has 3 atom stereocenters. The zero-order valence-electron chi connectivity index (χ0n) is 21.2. The summed E-state index contributed by atoms with van der Waals surface area (Å²) in [5.41, 5.74) is 3.50. The second-order valence-corrected chi connectivity index (χ2v) is 10.1. The number of imide groups is 1. The van der Waals surface area contributed by atoms with Crippen LogP contribution in [0.5, 0.6) is 0 Å². The molecule has 190 valence electrons. The number of para-hydroxylation sites is 1. The minimum atomic E-state index is -0.685. The summed E-state index contributed by atoms with van der Waals surface area (Å²) >= 11 is 0. The molecule has 2 aromatic carbocycles. The second kappa shape index (κ2) is 10.7. The predicted octanol–water partition coefficient (Wildman–Crippen LogP) is 6.87. The molecule has 7 heteroatoms. The lowest BCUT2D eigenvalue weighted by Gasteiger charge is -2.42. The molecule has 0 saturated carbocycles. The summed E-state index contributed by atoms with van der Waals surface area (Å²) in [6, 6.07) is 14.9. The van der Waals surface area contributed by atoms with Gasteiger partial charge < -0.3 is 19.9 Å². The summed E-state index contributed by atoms with van der Waals surface area (Å²) in [4.78, 5) is 33.4. The van der Waals surface area contributed by atoms with E-state index in [-0.39, 0.29) is 6.10 Å². The molecule has 0 spiro atoms. The number of rotatable bonds is 5. The van der Waals surface area contributed by atoms with Crippen LogP contribution in [0.2, 0.25) is 0 Å². The Bertz CT molecular complexity index is 1210. The summed E-state index contributed by atoms with van der Waals surface area (Å²) in [6.07, 6.45) is 8.12. The molecular weight excluding hydrogens is 452 g/mol. The standard InChI is InChI=1S/C29H36N4O3/c1-3-20(2)36-29(35)33(23-9-5-4-6-10-23)28(34)31-22-12-13-27-25(18-22)26(19-30-27)21-14-16-32-15-8-7-11-24(32)17-21/h4-6,9-10,12-13,18-21,24,30H,3,7-8,11,14-17H2,1-2H3,(H,31,34). The SMILES string of the molecule is CCC(C)OC(=O)N(C(=O)Nc1ccc2[nH]cc(C3CCN4CCCCC4C3)c2c1)c1ccccc1. The van der Waals surface area contributed by atoms with E-state index in [4.69, 9.17) is 4.74 Å². The maximum absolute atomic E-state index is 13.3. The van der Waals surface area contributed by atoms with Gasteiger partial charge in [-0.25, -0.2) is 9.59 Å². The number of fused-ring (bicyclic) bond motifs is 2. The number of carbonyl (C=O) groups is 2. The van der Waals surface area contributed by atoms with Crippen molar-refractivity contribution in [3.05, 3.63) is 60.3 Å². The number of aromatic nitrogens is 1. The number of hydrogen-bond donors (Lipinski definition) is 2. The van der Waals surface area contributed by atoms with Crippen molar-refractivity contribution in [1.82, 2.24) is 9.88 Å². The topological polar surface area (TPSA) is 77.7 Å². The number of nitrogens with zero attached hydrogens (tertiary/aromatic N) is 2. The number of aromatic amines is 1. The Balaban J connectivity index is 1.37. The molecule has 0 bridgehead atoms. The fourth-order valence-electron chi connectivity index (χ4n) is 5.60. The molecule has 2 aliphatic heterocycles. The molecule has 3 amide bonds. The van der Waals surface area contributed by atoms with E-state index in [1.165, 1.54) is 37.8 Å². The molecule has 2 N–H and O–H groups in total. The van der Waals surface area contributed by atoms with Crippen LogP contribution in [0, 0.1) is 0 Å². The van der Waals surface area contributed by atoms with Gasteiger partial charge in [0.2, 0.25) is 0 Å². The minimum Gasteiger partial charge on any atom is -0.446 e. The molecule has 3 aromatic rings. The van der Waals surface area contributed by atoms with Gasteiger partial charge in [0.15, 0.2) is 0 Å². The lowest BCUT2D eigenvalue weighted by Crippen LogP contribution is -2.44. The van der Waals surface area contributed by atoms with Crippen LogP contribution in [-0.4, -0.2) is 47.2 Å². The predicted molar refractivity (Wildman–Crippen MR) is 144 cm³/mol. The normalized spacial score (nSPS) is 20.9. The Hall–Kier alpha value is -3.32. The van der Waals surface area contributed by atoms with Crippen LogP contribution in [0.1, 0.15) is 63.9 Å². The first-order valence-corrected chi connectivity index (χ1v) is 13.2. The maximum Gasteiger partial charge on any atom is 0.422 e. The zero-order valence-corrected chi connectivity index (χ0v) is 21.2. The van der Waals surface area contributed by atoms with Gasteiger partial charge in [0.1, 0.15) is 6.10 Å². The lowest BCUT2D eigenvalue weighted by molar-refractivity contribution is 0.0977. The van der Waals surface area contributed by atoms with E-state index in [1.54, 1.807) is 24.3 Å². The van der Waals surface area contributed by atoms with Crippen molar-refractivity contribution in [3.8, 4) is 0 Å². The fraction of sp³-hybridized carbons (Fsp3) is 0.448. The molecule has 0 radical (unpaired) electrons. The van der Waals surface area contributed by atoms with E-state index < -0.39 is 12.1 Å². The fourth-order valence-corrected chi connectivity index (χ4v) is 5.60. The first-order valence-electron chi connectivity index (χ1n) is 13.2. The van der Waals surface area contributed by atoms with Gasteiger partial charge in [-0.2, -0.15) is 4.90 Å². The molecule has 1 aromatic heterocycles. The Morgan fingerprint density at radius 3 is 2.78 bits per heavy atom. The third kappa shape index (κ3) is 5.12. The van der Waals surface area contributed by atoms with Gasteiger partial charge in [0.05, 0.1) is 5.69 Å². The molecule has 3 heterocycles. The van der Waals surface area contributed by atoms with E-state index in [1.807, 2.05) is 38.1 Å². The van der Waals surface area contributed by atoms with Crippen molar-refractivity contribution in [2.75, 3.05) is 23.3 Å². The monoisotopic (exact) mass is 488 g/mol. The summed E-state index contributed by atoms with van der Waals surface area (Å²) in [5, 5.41) is 4.07. The number of nitrogens with one attached hydrogen (secondary N) is 2. The van der Waals surface area contributed by atoms with Gasteiger partial charge >= 0.3 is 12.1 Å². The number of anilines is 2. The average Bonchev–Trinajstić information content (AvgIpc) is 3.32. The van der Waals surface area contributed by atoms with Crippen molar-refractivity contribution in [2.45, 2.75) is 70.4 Å². The third-order valence-electron chi connectivity index (χ3n) is 7.75. The molecule has 2 fully saturated rings. The second-order valence-electron chi connectivity index (χ2n) is 10.1. The van der Waals surface area contributed by atoms with Gasteiger partial charge in [0, 0.05) is 28.8 Å². The van der Waals surface area contributed by atoms with E-state index >= 15 is 0 Å². The quantitative estimate of drug-likeness (QED) is 0.411. The molecule has 2 saturated heterocycles. The average molecular weight is 489 g/mol. The number of hydrogen-bond acceptors (Lipinski definition) is 4. The van der Waals surface area contributed by atoms with Crippen molar-refractivity contribution in [3.63, 3.8) is 0 Å². The summed E-state index contributed by atoms with van der Waals surface area (Å²) < 4.78 is 5.49. The first-order chi connectivity index (χ1) is 17.5. The van der Waals surface area contributed by atoms with Gasteiger partial charge in [0.25, 0.3) is 0 Å². The highest BCUT2D eigenvalue weighted by molar-refractivity contribution is 6.16. The van der Waals surface area contributed by atoms with Crippen molar-refractivity contribution < 1.29 is 14.3 Å². The molecular formula is C29H36N4O3. The summed E-state index contributed by atoms with van der Waals surface area (Å²) in [7, 11) is 0. The minimum absolute atomic E-state index is 0.286. The number of piperidine rings is 2. The van der Waals surface area contributed by atoms with Gasteiger partial charge in [-0.1, -0.05) is 31.5 Å². The van der Waals surface area contributed by atoms with Gasteiger partial charge in [-0.05, 0) is 93.9 Å². The first kappa shape index (κ1) is 24.4. The van der Waals surface area contributed by atoms with Crippen LogP contribution in [0.3, 0.4) is 0 Å². The van der Waals surface area contributed by atoms with Gasteiger partial charge in [-0.15, -0.1) is 0 Å². The zero-order chi connectivity index (χ0) is 25.1. The van der Waals surface area contributed by atoms with Crippen LogP contribution < -0.4 is 10.2 Å². The highest BCUT2D eigenvalue weighted by Crippen LogP contribution is 2.39. The Morgan fingerprint density at radius 1 is 1.14 bits per heavy atom. The number of H-pyrrole nitrogens is 1. The Kier molecular flexibility index (Phi) is 7.28. The number of ether oxygens (including phenoxy) is 1. The third-order valence-corrected chi connectivity index (χ3v) is 7.75. The van der Waals surface area contributed by atoms with Crippen LogP contribution in [0.25, 0.3) is 10.9 Å². The maximum atomic E-state index is 13.3. The van der Waals surface area contributed by atoms with Gasteiger partial charge in [-0.3, -0.25) is 0 Å². The number of amides is 3. The highest BCUT2D eigenvalue weighted by Gasteiger charge is 2.32. The smallest absolute Gasteiger partial charge is 0.422 e. The molecule has 0 aliphatic carbocycles. The largest absolute Gasteiger partial charge is 0.446 e. The van der Waals surface area contributed by atoms with Crippen molar-refractivity contribution in [1.29, 1.82) is 0 Å². The molecule has 7 nitrogen and oxygen atoms in total. The van der Waals surface area contributed by atoms with E-state index in [2.05, 4.69) is 21.4 Å². The number of carbonyl (C=O) groups excluding carboxylic acids is 2. The van der Waals surface area contributed by atoms with Crippen LogP contribution in [0.15, 0.2) is 54.7 Å². The molecule has 5 rings (SSSR count). The number of urea groups is 1. The van der Waals surface area contributed by atoms with Crippen molar-refractivity contribution >= 4 is 34.4 Å². The van der Waals surface area contributed by atoms with Crippen LogP contribution >= 0.6 is 0 Å². The highest BCUT2D eigenvalue weighted by atomic mass is 16.6. The Morgan fingerprint density at radius 2 is 1.97 bits per heavy atom. The summed E-state index contributed by atoms with van der Waals surface area (Å²) in [5.74, 6) is 0.510. The lowest BCUT2D eigenvalue weighted by atomic mass is 9.82. The molecule has 3 unspecified atom stereocenters. The van der Waals surface area contributed by atoms with E-state index in [0.29, 0.717) is 29.8 Å². The number of benzene rings is 2. The molecule has 36 heavy (non-hydrogen) atoms. The Labute approximate surface area is 212 Å². The van der Waals surface area contributed by atoms with E-state index in [0.717, 1.165) is 28.8 Å². The molecule has 2 aliphatic rings.